The minimum absolute atomic E-state index is 0.0982. The summed E-state index contributed by atoms with van der Waals surface area (Å²) in [5.74, 6) is -0.487. The van der Waals surface area contributed by atoms with Gasteiger partial charge in [-0.15, -0.1) is 16.4 Å². The van der Waals surface area contributed by atoms with Crippen molar-refractivity contribution in [3.8, 4) is 5.69 Å². The first-order valence-electron chi connectivity index (χ1n) is 9.27. The molecule has 10 heteroatoms. The monoisotopic (exact) mass is 431 g/mol. The summed E-state index contributed by atoms with van der Waals surface area (Å²) in [5, 5.41) is 18.7. The van der Waals surface area contributed by atoms with Crippen LogP contribution in [0, 0.1) is 0 Å². The molecule has 0 unspecified atom stereocenters. The molecule has 2 heterocycles. The third kappa shape index (κ3) is 5.67. The van der Waals surface area contributed by atoms with Crippen LogP contribution in [0.25, 0.3) is 11.8 Å². The van der Waals surface area contributed by atoms with Crippen molar-refractivity contribution in [3.05, 3.63) is 83.6 Å². The lowest BCUT2D eigenvalue weighted by atomic mass is 10.2. The number of nitrogens with zero attached hydrogens (tertiary/aromatic N) is 5. The topological polar surface area (TPSA) is 115 Å². The van der Waals surface area contributed by atoms with E-state index >= 15 is 0 Å². The highest BCUT2D eigenvalue weighted by Crippen LogP contribution is 2.17. The first kappa shape index (κ1) is 20.1. The Kier molecular flexibility index (Phi) is 6.19. The van der Waals surface area contributed by atoms with E-state index in [-0.39, 0.29) is 18.2 Å². The maximum absolute atomic E-state index is 12.3. The predicted octanol–water partition coefficient (Wildman–Crippen LogP) is 2.95. The highest BCUT2D eigenvalue weighted by molar-refractivity contribution is 7.14. The van der Waals surface area contributed by atoms with Crippen LogP contribution in [0.2, 0.25) is 0 Å². The van der Waals surface area contributed by atoms with Gasteiger partial charge in [0.15, 0.2) is 5.13 Å². The molecule has 154 valence electrons. The first-order chi connectivity index (χ1) is 15.2. The Morgan fingerprint density at radius 3 is 2.58 bits per heavy atom. The van der Waals surface area contributed by atoms with E-state index in [2.05, 4.69) is 31.1 Å². The number of carbonyl (C=O) groups is 2. The smallest absolute Gasteiger partial charge is 0.250 e. The molecule has 0 radical (unpaired) electrons. The second-order valence-electron chi connectivity index (χ2n) is 6.40. The number of nitrogens with one attached hydrogen (secondary N) is 2. The van der Waals surface area contributed by atoms with Crippen molar-refractivity contribution in [2.75, 3.05) is 10.6 Å². The number of thiazole rings is 1. The summed E-state index contributed by atoms with van der Waals surface area (Å²) in [6.07, 6.45) is 4.76. The van der Waals surface area contributed by atoms with Crippen molar-refractivity contribution in [3.63, 3.8) is 0 Å². The van der Waals surface area contributed by atoms with Crippen LogP contribution in [0.3, 0.4) is 0 Å². The molecule has 4 aromatic rings. The van der Waals surface area contributed by atoms with Crippen molar-refractivity contribution in [2.45, 2.75) is 6.42 Å². The van der Waals surface area contributed by atoms with E-state index in [0.717, 1.165) is 11.3 Å². The van der Waals surface area contributed by atoms with Gasteiger partial charge in [-0.25, -0.2) is 9.67 Å². The van der Waals surface area contributed by atoms with Crippen LogP contribution in [-0.2, 0) is 16.0 Å². The maximum atomic E-state index is 12.3. The molecule has 0 atom stereocenters. The first-order valence-corrected chi connectivity index (χ1v) is 10.2. The molecule has 0 saturated heterocycles. The number of aromatic nitrogens is 5. The normalized spacial score (nSPS) is 10.8. The van der Waals surface area contributed by atoms with Crippen molar-refractivity contribution in [1.82, 2.24) is 25.2 Å². The molecule has 0 spiro atoms. The van der Waals surface area contributed by atoms with Gasteiger partial charge in [-0.05, 0) is 46.3 Å². The van der Waals surface area contributed by atoms with Crippen LogP contribution in [-0.4, -0.2) is 37.0 Å². The van der Waals surface area contributed by atoms with Gasteiger partial charge in [0.25, 0.3) is 0 Å². The van der Waals surface area contributed by atoms with Crippen molar-refractivity contribution >= 4 is 40.0 Å². The number of tetrazole rings is 1. The van der Waals surface area contributed by atoms with Gasteiger partial charge in [-0.3, -0.25) is 14.9 Å². The molecule has 2 N–H and O–H groups in total. The van der Waals surface area contributed by atoms with E-state index in [1.165, 1.54) is 28.4 Å². The molecule has 4 rings (SSSR count). The van der Waals surface area contributed by atoms with Crippen LogP contribution in [0.1, 0.15) is 11.3 Å². The van der Waals surface area contributed by atoms with Gasteiger partial charge in [-0.1, -0.05) is 30.3 Å². The predicted molar refractivity (Wildman–Crippen MR) is 118 cm³/mol. The lowest BCUT2D eigenvalue weighted by Gasteiger charge is -2.05. The number of amides is 2. The second-order valence-corrected chi connectivity index (χ2v) is 7.26. The van der Waals surface area contributed by atoms with Crippen LogP contribution < -0.4 is 10.6 Å². The molecular formula is C21H17N7O2S. The molecule has 0 aliphatic rings. The van der Waals surface area contributed by atoms with E-state index < -0.39 is 0 Å². The Balaban J connectivity index is 1.28. The molecule has 2 aromatic heterocycles. The van der Waals surface area contributed by atoms with Crippen LogP contribution >= 0.6 is 11.3 Å². The Morgan fingerprint density at radius 2 is 1.84 bits per heavy atom. The van der Waals surface area contributed by atoms with E-state index in [0.29, 0.717) is 16.5 Å². The molecule has 31 heavy (non-hydrogen) atoms. The SMILES string of the molecule is O=C(C=Cc1ccccc1)Nc1nc(CC(=O)Nc2ccc(-n3cnnn3)cc2)cs1. The van der Waals surface area contributed by atoms with Gasteiger partial charge < -0.3 is 5.32 Å². The summed E-state index contributed by atoms with van der Waals surface area (Å²) in [5.41, 5.74) is 2.94. The summed E-state index contributed by atoms with van der Waals surface area (Å²) >= 11 is 1.27. The molecule has 2 aromatic carbocycles. The Hall–Kier alpha value is -4.18. The van der Waals surface area contributed by atoms with Crippen molar-refractivity contribution in [1.29, 1.82) is 0 Å². The van der Waals surface area contributed by atoms with Crippen LogP contribution in [0.4, 0.5) is 10.8 Å². The lowest BCUT2D eigenvalue weighted by molar-refractivity contribution is -0.115. The molecule has 0 saturated carbocycles. The van der Waals surface area contributed by atoms with Crippen LogP contribution in [0.5, 0.6) is 0 Å². The van der Waals surface area contributed by atoms with E-state index in [1.54, 1.807) is 35.7 Å². The summed E-state index contributed by atoms with van der Waals surface area (Å²) in [6.45, 7) is 0. The molecule has 0 aliphatic heterocycles. The Bertz CT molecular complexity index is 1190. The number of hydrogen-bond acceptors (Lipinski definition) is 7. The molecular weight excluding hydrogens is 414 g/mol. The quantitative estimate of drug-likeness (QED) is 0.435. The highest BCUT2D eigenvalue weighted by atomic mass is 32.1. The number of carbonyl (C=O) groups excluding carboxylic acids is 2. The van der Waals surface area contributed by atoms with Gasteiger partial charge in [0.2, 0.25) is 11.8 Å². The van der Waals surface area contributed by atoms with Crippen molar-refractivity contribution in [2.24, 2.45) is 0 Å². The third-order valence-electron chi connectivity index (χ3n) is 4.11. The molecule has 2 amide bonds. The standard InChI is InChI=1S/C21H17N7O2S/c29-19(11-6-15-4-2-1-3-5-15)25-21-24-17(13-31-21)12-20(30)23-16-7-9-18(10-8-16)28-14-22-26-27-28/h1-11,13-14H,12H2,(H,23,30)(H,24,25,29). The van der Waals surface area contributed by atoms with Gasteiger partial charge in [0.1, 0.15) is 6.33 Å². The molecule has 0 aliphatic carbocycles. The van der Waals surface area contributed by atoms with Gasteiger partial charge in [0.05, 0.1) is 17.8 Å². The average Bonchev–Trinajstić information content (AvgIpc) is 3.46. The molecule has 0 bridgehead atoms. The zero-order valence-electron chi connectivity index (χ0n) is 16.2. The zero-order valence-corrected chi connectivity index (χ0v) is 17.0. The van der Waals surface area contributed by atoms with E-state index in [1.807, 2.05) is 30.3 Å². The minimum atomic E-state index is -0.281. The zero-order chi connectivity index (χ0) is 21.5. The summed E-state index contributed by atoms with van der Waals surface area (Å²) < 4.78 is 1.52. The largest absolute Gasteiger partial charge is 0.326 e. The fraction of sp³-hybridized carbons (Fsp3) is 0.0476. The van der Waals surface area contributed by atoms with Gasteiger partial charge in [-0.2, -0.15) is 0 Å². The van der Waals surface area contributed by atoms with Gasteiger partial charge >= 0.3 is 0 Å². The fourth-order valence-corrected chi connectivity index (χ4v) is 3.39. The molecule has 0 fully saturated rings. The molecule has 9 nitrogen and oxygen atoms in total. The van der Waals surface area contributed by atoms with Crippen molar-refractivity contribution < 1.29 is 9.59 Å². The highest BCUT2D eigenvalue weighted by Gasteiger charge is 2.10. The van der Waals surface area contributed by atoms with Crippen LogP contribution in [0.15, 0.2) is 72.4 Å². The third-order valence-corrected chi connectivity index (χ3v) is 4.92. The van der Waals surface area contributed by atoms with E-state index in [9.17, 15) is 9.59 Å². The van der Waals surface area contributed by atoms with E-state index in [4.69, 9.17) is 0 Å². The summed E-state index contributed by atoms with van der Waals surface area (Å²) in [6, 6.07) is 16.7. The number of hydrogen-bond donors (Lipinski definition) is 2. The Morgan fingerprint density at radius 1 is 1.03 bits per heavy atom. The maximum Gasteiger partial charge on any atom is 0.250 e. The second kappa shape index (κ2) is 9.55. The summed E-state index contributed by atoms with van der Waals surface area (Å²) in [4.78, 5) is 28.7. The van der Waals surface area contributed by atoms with Gasteiger partial charge in [0, 0.05) is 17.1 Å². The number of benzene rings is 2. The Labute approximate surface area is 181 Å². The lowest BCUT2D eigenvalue weighted by Crippen LogP contribution is -2.15. The number of anilines is 2. The number of rotatable bonds is 7. The summed E-state index contributed by atoms with van der Waals surface area (Å²) in [7, 11) is 0. The minimum Gasteiger partial charge on any atom is -0.326 e. The average molecular weight is 431 g/mol. The fourth-order valence-electron chi connectivity index (χ4n) is 2.68.